The molecule has 2 aromatic heterocycles. The molecule has 2 aromatic rings. The molecule has 0 spiro atoms. The maximum absolute atomic E-state index is 12.5. The van der Waals surface area contributed by atoms with E-state index in [1.807, 2.05) is 25.1 Å². The smallest absolute Gasteiger partial charge is 0.311 e. The number of hydrogen-bond acceptors (Lipinski definition) is 4. The van der Waals surface area contributed by atoms with Crippen LogP contribution >= 0.6 is 11.3 Å². The molecule has 3 rings (SSSR count). The Morgan fingerprint density at radius 2 is 2.09 bits per heavy atom. The summed E-state index contributed by atoms with van der Waals surface area (Å²) in [7, 11) is 0. The number of nitrogens with zero attached hydrogens (tertiary/aromatic N) is 1. The van der Waals surface area contributed by atoms with Gasteiger partial charge >= 0.3 is 5.97 Å². The Morgan fingerprint density at radius 3 is 2.68 bits per heavy atom. The molecule has 0 radical (unpaired) electrons. The molecular formula is C16H17NO4S. The minimum absolute atomic E-state index is 0.107. The molecule has 116 valence electrons. The van der Waals surface area contributed by atoms with E-state index in [0.717, 1.165) is 16.4 Å². The summed E-state index contributed by atoms with van der Waals surface area (Å²) in [5, 5.41) is 9.25. The van der Waals surface area contributed by atoms with Crippen LogP contribution in [-0.4, -0.2) is 35.0 Å². The Hall–Kier alpha value is -2.08. The number of carbonyl (C=O) groups excluding carboxylic acids is 1. The molecule has 1 N–H and O–H groups in total. The molecular weight excluding hydrogens is 302 g/mol. The van der Waals surface area contributed by atoms with Crippen molar-refractivity contribution < 1.29 is 19.1 Å². The Bertz CT molecular complexity index is 732. The van der Waals surface area contributed by atoms with E-state index < -0.39 is 11.4 Å². The van der Waals surface area contributed by atoms with E-state index in [0.29, 0.717) is 17.8 Å². The van der Waals surface area contributed by atoms with Gasteiger partial charge in [-0.1, -0.05) is 0 Å². The monoisotopic (exact) mass is 319 g/mol. The van der Waals surface area contributed by atoms with Gasteiger partial charge in [0.2, 0.25) is 0 Å². The van der Waals surface area contributed by atoms with E-state index in [2.05, 4.69) is 0 Å². The van der Waals surface area contributed by atoms with Crippen molar-refractivity contribution in [3.8, 4) is 10.6 Å². The third-order valence-electron chi connectivity index (χ3n) is 4.08. The quantitative estimate of drug-likeness (QED) is 0.942. The zero-order valence-corrected chi connectivity index (χ0v) is 13.3. The number of rotatable bonds is 3. The SMILES string of the molecule is Cc1ccc(-c2ccc(C(=O)N3CCC(C)(C(=O)O)C3)s2)o1. The van der Waals surface area contributed by atoms with E-state index in [-0.39, 0.29) is 12.5 Å². The third-order valence-corrected chi connectivity index (χ3v) is 5.16. The maximum Gasteiger partial charge on any atom is 0.311 e. The van der Waals surface area contributed by atoms with Gasteiger partial charge in [0.15, 0.2) is 0 Å². The number of thiophene rings is 1. The van der Waals surface area contributed by atoms with Crippen molar-refractivity contribution in [2.45, 2.75) is 20.3 Å². The second-order valence-electron chi connectivity index (χ2n) is 5.92. The van der Waals surface area contributed by atoms with Crippen LogP contribution in [0.1, 0.15) is 28.8 Å². The highest BCUT2D eigenvalue weighted by Crippen LogP contribution is 2.34. The average molecular weight is 319 g/mol. The number of hydrogen-bond donors (Lipinski definition) is 1. The number of carboxylic acids is 1. The lowest BCUT2D eigenvalue weighted by Crippen LogP contribution is -2.34. The van der Waals surface area contributed by atoms with E-state index in [4.69, 9.17) is 4.42 Å². The number of aliphatic carboxylic acids is 1. The van der Waals surface area contributed by atoms with E-state index in [1.165, 1.54) is 11.3 Å². The zero-order chi connectivity index (χ0) is 15.9. The molecule has 0 aromatic carbocycles. The Labute approximate surface area is 132 Å². The van der Waals surface area contributed by atoms with Crippen LogP contribution in [0.5, 0.6) is 0 Å². The summed E-state index contributed by atoms with van der Waals surface area (Å²) in [4.78, 5) is 26.9. The van der Waals surface area contributed by atoms with Crippen molar-refractivity contribution in [3.63, 3.8) is 0 Å². The van der Waals surface area contributed by atoms with Crippen LogP contribution in [0.3, 0.4) is 0 Å². The first-order chi connectivity index (χ1) is 10.4. The van der Waals surface area contributed by atoms with Crippen LogP contribution in [0.2, 0.25) is 0 Å². The summed E-state index contributed by atoms with van der Waals surface area (Å²) in [5.41, 5.74) is -0.839. The van der Waals surface area contributed by atoms with Crippen molar-refractivity contribution in [1.82, 2.24) is 4.90 Å². The minimum Gasteiger partial charge on any atom is -0.481 e. The molecule has 5 nitrogen and oxygen atoms in total. The van der Waals surface area contributed by atoms with Crippen LogP contribution in [-0.2, 0) is 4.79 Å². The molecule has 1 unspecified atom stereocenters. The lowest BCUT2D eigenvalue weighted by atomic mass is 9.90. The predicted octanol–water partition coefficient (Wildman–Crippen LogP) is 3.25. The molecule has 0 aliphatic carbocycles. The van der Waals surface area contributed by atoms with E-state index in [1.54, 1.807) is 17.9 Å². The van der Waals surface area contributed by atoms with Gasteiger partial charge in [0.05, 0.1) is 15.2 Å². The molecule has 3 heterocycles. The van der Waals surface area contributed by atoms with Crippen LogP contribution in [0.15, 0.2) is 28.7 Å². The van der Waals surface area contributed by atoms with Crippen molar-refractivity contribution >= 4 is 23.2 Å². The van der Waals surface area contributed by atoms with E-state index in [9.17, 15) is 14.7 Å². The second-order valence-corrected chi connectivity index (χ2v) is 7.00. The molecule has 0 bridgehead atoms. The van der Waals surface area contributed by atoms with Crippen LogP contribution < -0.4 is 0 Å². The summed E-state index contributed by atoms with van der Waals surface area (Å²) in [5.74, 6) is 0.622. The van der Waals surface area contributed by atoms with Crippen molar-refractivity contribution in [1.29, 1.82) is 0 Å². The van der Waals surface area contributed by atoms with Crippen molar-refractivity contribution in [2.75, 3.05) is 13.1 Å². The maximum atomic E-state index is 12.5. The normalized spacial score (nSPS) is 21.3. The Kier molecular flexibility index (Phi) is 3.56. The summed E-state index contributed by atoms with van der Waals surface area (Å²) in [6.07, 6.45) is 0.490. The fourth-order valence-corrected chi connectivity index (χ4v) is 3.55. The van der Waals surface area contributed by atoms with Gasteiger partial charge in [-0.3, -0.25) is 9.59 Å². The van der Waals surface area contributed by atoms with Gasteiger partial charge in [-0.15, -0.1) is 11.3 Å². The fourth-order valence-electron chi connectivity index (χ4n) is 2.62. The number of amides is 1. The lowest BCUT2D eigenvalue weighted by Gasteiger charge is -2.19. The molecule has 1 aliphatic rings. The second kappa shape index (κ2) is 5.28. The first-order valence-electron chi connectivity index (χ1n) is 7.08. The van der Waals surface area contributed by atoms with Crippen molar-refractivity contribution in [3.05, 3.63) is 34.9 Å². The number of carbonyl (C=O) groups is 2. The molecule has 22 heavy (non-hydrogen) atoms. The zero-order valence-electron chi connectivity index (χ0n) is 12.5. The van der Waals surface area contributed by atoms with Gasteiger partial charge in [-0.2, -0.15) is 0 Å². The predicted molar refractivity (Wildman–Crippen MR) is 83.0 cm³/mol. The number of likely N-dealkylation sites (tertiary alicyclic amines) is 1. The third kappa shape index (κ3) is 2.54. The molecule has 0 saturated carbocycles. The molecule has 1 saturated heterocycles. The number of carboxylic acid groups (broad SMARTS) is 1. The van der Waals surface area contributed by atoms with Crippen LogP contribution in [0.4, 0.5) is 0 Å². The lowest BCUT2D eigenvalue weighted by molar-refractivity contribution is -0.147. The number of furan rings is 1. The molecule has 1 fully saturated rings. The molecule has 6 heteroatoms. The standard InChI is InChI=1S/C16H17NO4S/c1-10-3-4-11(21-10)12-5-6-13(22-12)14(18)17-8-7-16(2,9-17)15(19)20/h3-6H,7-9H2,1-2H3,(H,19,20). The fraction of sp³-hybridized carbons (Fsp3) is 0.375. The van der Waals surface area contributed by atoms with Crippen LogP contribution in [0.25, 0.3) is 10.6 Å². The summed E-state index contributed by atoms with van der Waals surface area (Å²) in [6.45, 7) is 4.30. The first-order valence-corrected chi connectivity index (χ1v) is 7.90. The number of aryl methyl sites for hydroxylation is 1. The highest BCUT2D eigenvalue weighted by Gasteiger charge is 2.42. The summed E-state index contributed by atoms with van der Waals surface area (Å²) < 4.78 is 5.56. The Balaban J connectivity index is 1.77. The van der Waals surface area contributed by atoms with Gasteiger partial charge in [-0.25, -0.2) is 0 Å². The Morgan fingerprint density at radius 1 is 1.32 bits per heavy atom. The van der Waals surface area contributed by atoms with Gasteiger partial charge in [0, 0.05) is 13.1 Å². The molecule has 1 atom stereocenters. The molecule has 1 amide bonds. The topological polar surface area (TPSA) is 70.8 Å². The van der Waals surface area contributed by atoms with Gasteiger partial charge < -0.3 is 14.4 Å². The van der Waals surface area contributed by atoms with Gasteiger partial charge in [0.1, 0.15) is 11.5 Å². The summed E-state index contributed by atoms with van der Waals surface area (Å²) >= 11 is 1.37. The van der Waals surface area contributed by atoms with Gasteiger partial charge in [0.25, 0.3) is 5.91 Å². The average Bonchev–Trinajstić information content (AvgIpc) is 3.17. The molecule has 1 aliphatic heterocycles. The van der Waals surface area contributed by atoms with Crippen LogP contribution in [0, 0.1) is 12.3 Å². The highest BCUT2D eigenvalue weighted by molar-refractivity contribution is 7.17. The summed E-state index contributed by atoms with van der Waals surface area (Å²) in [6, 6.07) is 7.40. The largest absolute Gasteiger partial charge is 0.481 e. The minimum atomic E-state index is -0.847. The van der Waals surface area contributed by atoms with Gasteiger partial charge in [-0.05, 0) is 44.5 Å². The first kappa shape index (κ1) is 14.8. The van der Waals surface area contributed by atoms with E-state index >= 15 is 0 Å². The van der Waals surface area contributed by atoms with Crippen molar-refractivity contribution in [2.24, 2.45) is 5.41 Å². The highest BCUT2D eigenvalue weighted by atomic mass is 32.1.